The highest BCUT2D eigenvalue weighted by Crippen LogP contribution is 2.34. The fourth-order valence-electron chi connectivity index (χ4n) is 4.39. The number of hydrogen-bond acceptors (Lipinski definition) is 4. The number of rotatable bonds is 4. The zero-order chi connectivity index (χ0) is 21.4. The van der Waals surface area contributed by atoms with Crippen molar-refractivity contribution < 1.29 is 5.11 Å². The average molecular weight is 434 g/mol. The van der Waals surface area contributed by atoms with Gasteiger partial charge < -0.3 is 14.6 Å². The van der Waals surface area contributed by atoms with Crippen molar-refractivity contribution in [1.29, 1.82) is 0 Å². The van der Waals surface area contributed by atoms with E-state index in [2.05, 4.69) is 22.0 Å². The quantitative estimate of drug-likeness (QED) is 0.678. The van der Waals surface area contributed by atoms with E-state index in [1.165, 1.54) is 0 Å². The molecule has 5 nitrogen and oxygen atoms in total. The van der Waals surface area contributed by atoms with Gasteiger partial charge in [0.2, 0.25) is 0 Å². The van der Waals surface area contributed by atoms with Crippen molar-refractivity contribution >= 4 is 22.9 Å². The molecule has 2 aromatic heterocycles. The SMILES string of the molecule is O=c1cc(C2=CCc3ncc(N4CCC(O)CC4)cc32)ccn1Cc1cccc(Cl)c1. The van der Waals surface area contributed by atoms with Crippen molar-refractivity contribution in [3.05, 3.63) is 98.7 Å². The van der Waals surface area contributed by atoms with Gasteiger partial charge in [-0.05, 0) is 53.8 Å². The van der Waals surface area contributed by atoms with Gasteiger partial charge in [-0.2, -0.15) is 0 Å². The Morgan fingerprint density at radius 3 is 2.74 bits per heavy atom. The molecular weight excluding hydrogens is 410 g/mol. The summed E-state index contributed by atoms with van der Waals surface area (Å²) < 4.78 is 1.69. The maximum Gasteiger partial charge on any atom is 0.251 e. The first-order valence-corrected chi connectivity index (χ1v) is 11.0. The number of allylic oxidation sites excluding steroid dienone is 1. The van der Waals surface area contributed by atoms with E-state index >= 15 is 0 Å². The average Bonchev–Trinajstić information content (AvgIpc) is 3.19. The summed E-state index contributed by atoms with van der Waals surface area (Å²) in [4.78, 5) is 19.8. The van der Waals surface area contributed by atoms with Gasteiger partial charge in [0.15, 0.2) is 0 Å². The van der Waals surface area contributed by atoms with Crippen LogP contribution in [0.2, 0.25) is 5.02 Å². The summed E-state index contributed by atoms with van der Waals surface area (Å²) in [5.41, 5.74) is 6.14. The zero-order valence-electron chi connectivity index (χ0n) is 17.2. The molecule has 0 spiro atoms. The lowest BCUT2D eigenvalue weighted by Crippen LogP contribution is -2.35. The van der Waals surface area contributed by atoms with Crippen LogP contribution in [-0.2, 0) is 13.0 Å². The number of aromatic nitrogens is 2. The summed E-state index contributed by atoms with van der Waals surface area (Å²) in [6, 6.07) is 13.4. The Hall–Kier alpha value is -2.89. The van der Waals surface area contributed by atoms with E-state index in [-0.39, 0.29) is 11.7 Å². The van der Waals surface area contributed by atoms with Crippen molar-refractivity contribution in [2.24, 2.45) is 0 Å². The lowest BCUT2D eigenvalue weighted by molar-refractivity contribution is 0.145. The first-order chi connectivity index (χ1) is 15.1. The summed E-state index contributed by atoms with van der Waals surface area (Å²) >= 11 is 6.07. The van der Waals surface area contributed by atoms with Crippen LogP contribution in [0, 0.1) is 0 Å². The van der Waals surface area contributed by atoms with Crippen LogP contribution in [-0.4, -0.2) is 33.9 Å². The van der Waals surface area contributed by atoms with Crippen LogP contribution in [0.3, 0.4) is 0 Å². The van der Waals surface area contributed by atoms with Crippen molar-refractivity contribution in [3.63, 3.8) is 0 Å². The number of halogens is 1. The van der Waals surface area contributed by atoms with E-state index in [1.807, 2.05) is 42.7 Å². The molecule has 0 unspecified atom stereocenters. The second kappa shape index (κ2) is 8.33. The van der Waals surface area contributed by atoms with Gasteiger partial charge in [-0.1, -0.05) is 29.8 Å². The van der Waals surface area contributed by atoms with Gasteiger partial charge in [0.1, 0.15) is 0 Å². The van der Waals surface area contributed by atoms with Crippen molar-refractivity contribution in [2.45, 2.75) is 31.9 Å². The minimum atomic E-state index is -0.201. The van der Waals surface area contributed by atoms with E-state index in [0.29, 0.717) is 11.6 Å². The highest BCUT2D eigenvalue weighted by Gasteiger charge is 2.22. The minimum Gasteiger partial charge on any atom is -0.393 e. The highest BCUT2D eigenvalue weighted by atomic mass is 35.5. The van der Waals surface area contributed by atoms with Crippen LogP contribution in [0.15, 0.2) is 65.7 Å². The lowest BCUT2D eigenvalue weighted by atomic mass is 10.0. The van der Waals surface area contributed by atoms with Gasteiger partial charge in [-0.3, -0.25) is 9.78 Å². The summed E-state index contributed by atoms with van der Waals surface area (Å²) in [6.45, 7) is 2.16. The van der Waals surface area contributed by atoms with E-state index in [9.17, 15) is 9.90 Å². The van der Waals surface area contributed by atoms with Gasteiger partial charge in [-0.25, -0.2) is 0 Å². The van der Waals surface area contributed by atoms with Crippen LogP contribution in [0.4, 0.5) is 5.69 Å². The molecule has 1 aliphatic heterocycles. The molecular formula is C25H24ClN3O2. The van der Waals surface area contributed by atoms with E-state index in [4.69, 9.17) is 11.6 Å². The third-order valence-corrected chi connectivity index (χ3v) is 6.36. The van der Waals surface area contributed by atoms with Crippen LogP contribution in [0.5, 0.6) is 0 Å². The predicted molar refractivity (Wildman–Crippen MR) is 124 cm³/mol. The van der Waals surface area contributed by atoms with Crippen LogP contribution in [0.1, 0.15) is 35.2 Å². The van der Waals surface area contributed by atoms with E-state index < -0.39 is 0 Å². The molecule has 1 aromatic carbocycles. The number of anilines is 1. The van der Waals surface area contributed by atoms with Gasteiger partial charge in [0.25, 0.3) is 5.56 Å². The Kier molecular flexibility index (Phi) is 5.38. The molecule has 0 radical (unpaired) electrons. The van der Waals surface area contributed by atoms with Crippen LogP contribution < -0.4 is 10.5 Å². The highest BCUT2D eigenvalue weighted by molar-refractivity contribution is 6.30. The number of piperidine rings is 1. The van der Waals surface area contributed by atoms with Crippen LogP contribution in [0.25, 0.3) is 5.57 Å². The zero-order valence-corrected chi connectivity index (χ0v) is 17.9. The summed E-state index contributed by atoms with van der Waals surface area (Å²) in [5.74, 6) is 0. The lowest BCUT2D eigenvalue weighted by Gasteiger charge is -2.31. The molecule has 6 heteroatoms. The normalized spacial score (nSPS) is 16.3. The topological polar surface area (TPSA) is 58.4 Å². The van der Waals surface area contributed by atoms with Crippen molar-refractivity contribution in [1.82, 2.24) is 9.55 Å². The molecule has 1 aliphatic carbocycles. The Morgan fingerprint density at radius 1 is 1.13 bits per heavy atom. The Balaban J connectivity index is 1.40. The third kappa shape index (κ3) is 4.16. The maximum absolute atomic E-state index is 12.8. The number of benzene rings is 1. The van der Waals surface area contributed by atoms with Gasteiger partial charge in [0, 0.05) is 42.4 Å². The van der Waals surface area contributed by atoms with E-state index in [1.54, 1.807) is 10.6 Å². The molecule has 1 N–H and O–H groups in total. The molecule has 0 amide bonds. The number of hydrogen-bond donors (Lipinski definition) is 1. The maximum atomic E-state index is 12.8. The molecule has 2 aliphatic rings. The first-order valence-electron chi connectivity index (χ1n) is 10.6. The third-order valence-electron chi connectivity index (χ3n) is 6.12. The van der Waals surface area contributed by atoms with Gasteiger partial charge >= 0.3 is 0 Å². The molecule has 3 aromatic rings. The molecule has 5 rings (SSSR count). The fourth-order valence-corrected chi connectivity index (χ4v) is 4.61. The molecule has 3 heterocycles. The van der Waals surface area contributed by atoms with Crippen LogP contribution >= 0.6 is 11.6 Å². The summed E-state index contributed by atoms with van der Waals surface area (Å²) in [5, 5.41) is 10.5. The fraction of sp³-hybridized carbons (Fsp3) is 0.280. The Bertz CT molecular complexity index is 1210. The smallest absolute Gasteiger partial charge is 0.251 e. The Morgan fingerprint density at radius 2 is 1.97 bits per heavy atom. The monoisotopic (exact) mass is 433 g/mol. The molecule has 1 fully saturated rings. The molecule has 1 saturated heterocycles. The van der Waals surface area contributed by atoms with Crippen molar-refractivity contribution in [2.75, 3.05) is 18.0 Å². The Labute approximate surface area is 186 Å². The molecule has 0 saturated carbocycles. The largest absolute Gasteiger partial charge is 0.393 e. The summed E-state index contributed by atoms with van der Waals surface area (Å²) in [6.07, 6.45) is 8.06. The first kappa shape index (κ1) is 20.0. The summed E-state index contributed by atoms with van der Waals surface area (Å²) in [7, 11) is 0. The van der Waals surface area contributed by atoms with Gasteiger partial charge in [-0.15, -0.1) is 0 Å². The second-order valence-corrected chi connectivity index (χ2v) is 8.68. The number of aliphatic hydroxyl groups is 1. The second-order valence-electron chi connectivity index (χ2n) is 8.24. The molecule has 31 heavy (non-hydrogen) atoms. The molecule has 0 bridgehead atoms. The minimum absolute atomic E-state index is 0.0408. The van der Waals surface area contributed by atoms with Crippen molar-refractivity contribution in [3.8, 4) is 0 Å². The van der Waals surface area contributed by atoms with Gasteiger partial charge in [0.05, 0.1) is 30.2 Å². The number of fused-ring (bicyclic) bond motifs is 1. The molecule has 158 valence electrons. The number of pyridine rings is 2. The number of nitrogens with zero attached hydrogens (tertiary/aromatic N) is 3. The standard InChI is InChI=1S/C25H24ClN3O2/c26-19-3-1-2-17(12-19)16-29-9-6-18(13-25(29)31)22-4-5-24-23(22)14-20(15-27-24)28-10-7-21(30)8-11-28/h1-4,6,9,12-15,21,30H,5,7-8,10-11,16H2. The predicted octanol–water partition coefficient (Wildman–Crippen LogP) is 3.89. The number of aliphatic hydroxyl groups excluding tert-OH is 1. The van der Waals surface area contributed by atoms with E-state index in [0.717, 1.165) is 66.0 Å². The molecule has 0 atom stereocenters.